The van der Waals surface area contributed by atoms with Crippen molar-refractivity contribution in [3.8, 4) is 0 Å². The summed E-state index contributed by atoms with van der Waals surface area (Å²) in [6, 6.07) is 3.72. The van der Waals surface area contributed by atoms with Crippen molar-refractivity contribution in [2.45, 2.75) is 18.8 Å². The van der Waals surface area contributed by atoms with E-state index in [1.165, 1.54) is 0 Å². The summed E-state index contributed by atoms with van der Waals surface area (Å²) in [5.41, 5.74) is 0.853. The SMILES string of the molecule is Clc1ccc2nnc(C3CCOCC3)n2c1. The molecule has 0 bridgehead atoms. The summed E-state index contributed by atoms with van der Waals surface area (Å²) in [7, 11) is 0. The fraction of sp³-hybridized carbons (Fsp3) is 0.455. The third-order valence-corrected chi connectivity index (χ3v) is 3.20. The Balaban J connectivity index is 2.05. The third kappa shape index (κ3) is 1.68. The van der Waals surface area contributed by atoms with Gasteiger partial charge >= 0.3 is 0 Å². The molecule has 0 aromatic carbocycles. The van der Waals surface area contributed by atoms with Crippen molar-refractivity contribution in [3.05, 3.63) is 29.2 Å². The number of ether oxygens (including phenoxy) is 1. The van der Waals surface area contributed by atoms with Gasteiger partial charge in [-0.2, -0.15) is 0 Å². The fourth-order valence-electron chi connectivity index (χ4n) is 2.12. The van der Waals surface area contributed by atoms with E-state index in [4.69, 9.17) is 16.3 Å². The average Bonchev–Trinajstić information content (AvgIpc) is 2.73. The number of aromatic nitrogens is 3. The van der Waals surface area contributed by atoms with E-state index in [1.807, 2.05) is 22.7 Å². The lowest BCUT2D eigenvalue weighted by atomic mass is 10.00. The highest BCUT2D eigenvalue weighted by Crippen LogP contribution is 2.26. The predicted octanol–water partition coefficient (Wildman–Crippen LogP) is 2.28. The molecule has 1 aliphatic heterocycles. The molecule has 0 N–H and O–H groups in total. The van der Waals surface area contributed by atoms with Crippen molar-refractivity contribution in [1.82, 2.24) is 14.6 Å². The lowest BCUT2D eigenvalue weighted by Crippen LogP contribution is -2.16. The van der Waals surface area contributed by atoms with Crippen LogP contribution in [-0.4, -0.2) is 27.8 Å². The number of hydrogen-bond donors (Lipinski definition) is 0. The van der Waals surface area contributed by atoms with E-state index in [0.29, 0.717) is 10.9 Å². The monoisotopic (exact) mass is 237 g/mol. The highest BCUT2D eigenvalue weighted by atomic mass is 35.5. The molecule has 5 heteroatoms. The summed E-state index contributed by atoms with van der Waals surface area (Å²) in [6.07, 6.45) is 3.89. The molecule has 1 fully saturated rings. The fourth-order valence-corrected chi connectivity index (χ4v) is 2.28. The molecule has 1 saturated heterocycles. The van der Waals surface area contributed by atoms with Crippen LogP contribution in [0.2, 0.25) is 5.02 Å². The van der Waals surface area contributed by atoms with E-state index in [2.05, 4.69) is 10.2 Å². The van der Waals surface area contributed by atoms with E-state index in [9.17, 15) is 0 Å². The molecule has 0 spiro atoms. The topological polar surface area (TPSA) is 39.4 Å². The van der Waals surface area contributed by atoms with Crippen LogP contribution in [0.15, 0.2) is 18.3 Å². The molecule has 84 valence electrons. The first kappa shape index (κ1) is 10.1. The van der Waals surface area contributed by atoms with Crippen LogP contribution in [0.25, 0.3) is 5.65 Å². The second-order valence-electron chi connectivity index (χ2n) is 4.02. The highest BCUT2D eigenvalue weighted by molar-refractivity contribution is 6.30. The summed E-state index contributed by atoms with van der Waals surface area (Å²) in [4.78, 5) is 0. The number of hydrogen-bond acceptors (Lipinski definition) is 3. The standard InChI is InChI=1S/C11H12ClN3O/c12-9-1-2-10-13-14-11(15(10)7-9)8-3-5-16-6-4-8/h1-2,7-8H,3-6H2. The van der Waals surface area contributed by atoms with E-state index in [1.54, 1.807) is 0 Å². The number of nitrogens with zero attached hydrogens (tertiary/aromatic N) is 3. The third-order valence-electron chi connectivity index (χ3n) is 2.98. The molecule has 0 aliphatic carbocycles. The molecule has 16 heavy (non-hydrogen) atoms. The molecule has 2 aromatic rings. The van der Waals surface area contributed by atoms with Gasteiger partial charge in [0.15, 0.2) is 5.65 Å². The van der Waals surface area contributed by atoms with Gasteiger partial charge in [-0.25, -0.2) is 0 Å². The van der Waals surface area contributed by atoms with Crippen molar-refractivity contribution in [1.29, 1.82) is 0 Å². The first-order valence-electron chi connectivity index (χ1n) is 5.42. The van der Waals surface area contributed by atoms with Crippen molar-refractivity contribution < 1.29 is 4.74 Å². The molecule has 1 aliphatic rings. The second-order valence-corrected chi connectivity index (χ2v) is 4.46. The van der Waals surface area contributed by atoms with Gasteiger partial charge in [-0.15, -0.1) is 10.2 Å². The summed E-state index contributed by atoms with van der Waals surface area (Å²) in [5.74, 6) is 1.43. The molecule has 2 aromatic heterocycles. The van der Waals surface area contributed by atoms with Crippen LogP contribution < -0.4 is 0 Å². The quantitative estimate of drug-likeness (QED) is 0.764. The molecular formula is C11H12ClN3O. The van der Waals surface area contributed by atoms with Crippen LogP contribution >= 0.6 is 11.6 Å². The first-order valence-corrected chi connectivity index (χ1v) is 5.80. The normalized spacial score (nSPS) is 18.1. The van der Waals surface area contributed by atoms with E-state index in [-0.39, 0.29) is 0 Å². The first-order chi connectivity index (χ1) is 7.84. The molecule has 0 saturated carbocycles. The van der Waals surface area contributed by atoms with Gasteiger partial charge in [0.05, 0.1) is 5.02 Å². The summed E-state index contributed by atoms with van der Waals surface area (Å²) in [6.45, 7) is 1.61. The van der Waals surface area contributed by atoms with E-state index < -0.39 is 0 Å². The van der Waals surface area contributed by atoms with Gasteiger partial charge in [0.1, 0.15) is 5.82 Å². The molecule has 0 unspecified atom stereocenters. The zero-order chi connectivity index (χ0) is 11.0. The number of halogens is 1. The molecule has 4 nitrogen and oxygen atoms in total. The Morgan fingerprint density at radius 3 is 2.88 bits per heavy atom. The minimum absolute atomic E-state index is 0.433. The van der Waals surface area contributed by atoms with Gasteiger partial charge in [-0.3, -0.25) is 4.40 Å². The zero-order valence-corrected chi connectivity index (χ0v) is 9.52. The van der Waals surface area contributed by atoms with Crippen LogP contribution in [0.4, 0.5) is 0 Å². The summed E-state index contributed by atoms with van der Waals surface area (Å²) in [5, 5.41) is 9.12. The largest absolute Gasteiger partial charge is 0.381 e. The molecule has 0 atom stereocenters. The maximum atomic E-state index is 5.99. The lowest BCUT2D eigenvalue weighted by Gasteiger charge is -2.20. The molecule has 3 heterocycles. The molecular weight excluding hydrogens is 226 g/mol. The van der Waals surface area contributed by atoms with Crippen LogP contribution in [0.3, 0.4) is 0 Å². The van der Waals surface area contributed by atoms with Crippen LogP contribution in [-0.2, 0) is 4.74 Å². The van der Waals surface area contributed by atoms with Crippen molar-refractivity contribution in [2.24, 2.45) is 0 Å². The Hall–Kier alpha value is -1.13. The number of rotatable bonds is 1. The van der Waals surface area contributed by atoms with E-state index >= 15 is 0 Å². The predicted molar refractivity (Wildman–Crippen MR) is 60.8 cm³/mol. The maximum absolute atomic E-state index is 5.99. The Labute approximate surface area is 98.2 Å². The second kappa shape index (κ2) is 4.03. The van der Waals surface area contributed by atoms with Gasteiger partial charge in [0.2, 0.25) is 0 Å². The Morgan fingerprint density at radius 1 is 1.25 bits per heavy atom. The van der Waals surface area contributed by atoms with Crippen molar-refractivity contribution in [3.63, 3.8) is 0 Å². The lowest BCUT2D eigenvalue weighted by molar-refractivity contribution is 0.0834. The van der Waals surface area contributed by atoms with Crippen LogP contribution in [0, 0.1) is 0 Å². The van der Waals surface area contributed by atoms with Gasteiger partial charge in [-0.05, 0) is 25.0 Å². The zero-order valence-electron chi connectivity index (χ0n) is 8.77. The summed E-state index contributed by atoms with van der Waals surface area (Å²) >= 11 is 5.99. The van der Waals surface area contributed by atoms with Crippen molar-refractivity contribution in [2.75, 3.05) is 13.2 Å². The number of pyridine rings is 1. The Bertz CT molecular complexity index is 505. The average molecular weight is 238 g/mol. The molecule has 3 rings (SSSR count). The van der Waals surface area contributed by atoms with Gasteiger partial charge in [0.25, 0.3) is 0 Å². The minimum atomic E-state index is 0.433. The molecule has 0 radical (unpaired) electrons. The van der Waals surface area contributed by atoms with E-state index in [0.717, 1.165) is 37.5 Å². The van der Waals surface area contributed by atoms with Crippen LogP contribution in [0.5, 0.6) is 0 Å². The number of fused-ring (bicyclic) bond motifs is 1. The maximum Gasteiger partial charge on any atom is 0.160 e. The summed E-state index contributed by atoms with van der Waals surface area (Å²) < 4.78 is 7.33. The minimum Gasteiger partial charge on any atom is -0.381 e. The molecule has 0 amide bonds. The Kier molecular flexibility index (Phi) is 2.53. The van der Waals surface area contributed by atoms with Gasteiger partial charge < -0.3 is 4.74 Å². The Morgan fingerprint density at radius 2 is 2.06 bits per heavy atom. The van der Waals surface area contributed by atoms with Gasteiger partial charge in [0, 0.05) is 25.3 Å². The van der Waals surface area contributed by atoms with Crippen molar-refractivity contribution >= 4 is 17.2 Å². The smallest absolute Gasteiger partial charge is 0.160 e. The highest BCUT2D eigenvalue weighted by Gasteiger charge is 2.21. The van der Waals surface area contributed by atoms with Gasteiger partial charge in [-0.1, -0.05) is 11.6 Å². The van der Waals surface area contributed by atoms with Crippen LogP contribution in [0.1, 0.15) is 24.6 Å².